The number of carboxylic acids is 1. The van der Waals surface area contributed by atoms with E-state index in [0.717, 1.165) is 12.1 Å². The van der Waals surface area contributed by atoms with Crippen molar-refractivity contribution in [2.45, 2.75) is 25.1 Å². The first-order valence-electron chi connectivity index (χ1n) is 5.56. The molecule has 2 rings (SSSR count). The summed E-state index contributed by atoms with van der Waals surface area (Å²) in [7, 11) is 0. The summed E-state index contributed by atoms with van der Waals surface area (Å²) < 4.78 is 25.8. The zero-order chi connectivity index (χ0) is 13.3. The first kappa shape index (κ1) is 12.9. The second-order valence-electron chi connectivity index (χ2n) is 4.42. The summed E-state index contributed by atoms with van der Waals surface area (Å²) >= 11 is 0. The summed E-state index contributed by atoms with van der Waals surface area (Å²) in [4.78, 5) is 12.5. The van der Waals surface area contributed by atoms with Crippen LogP contribution in [0, 0.1) is 11.6 Å². The average molecular weight is 257 g/mol. The highest BCUT2D eigenvalue weighted by atomic mass is 19.2. The van der Waals surface area contributed by atoms with E-state index < -0.39 is 29.7 Å². The zero-order valence-electron chi connectivity index (χ0n) is 9.51. The number of aliphatic hydroxyl groups is 1. The minimum atomic E-state index is -1.02. The molecule has 0 unspecified atom stereocenters. The number of nitrogens with zero attached hydrogens (tertiary/aromatic N) is 1. The van der Waals surface area contributed by atoms with Crippen molar-refractivity contribution in [1.29, 1.82) is 0 Å². The fourth-order valence-corrected chi connectivity index (χ4v) is 2.18. The van der Waals surface area contributed by atoms with Crippen LogP contribution in [0.4, 0.5) is 8.78 Å². The molecule has 0 aliphatic carbocycles. The highest BCUT2D eigenvalue weighted by Gasteiger charge is 2.35. The highest BCUT2D eigenvalue weighted by molar-refractivity contribution is 5.74. The monoisotopic (exact) mass is 257 g/mol. The van der Waals surface area contributed by atoms with Crippen molar-refractivity contribution in [3.63, 3.8) is 0 Å². The van der Waals surface area contributed by atoms with E-state index in [1.165, 1.54) is 6.07 Å². The van der Waals surface area contributed by atoms with Crippen LogP contribution in [0.25, 0.3) is 0 Å². The third kappa shape index (κ3) is 2.65. The molecule has 1 fully saturated rings. The van der Waals surface area contributed by atoms with Crippen molar-refractivity contribution in [2.75, 3.05) is 6.54 Å². The number of β-amino-alcohol motifs (C(OH)–C–C–N with tert-alkyl or cyclic N) is 1. The summed E-state index contributed by atoms with van der Waals surface area (Å²) in [5.41, 5.74) is 0.481. The molecule has 0 spiro atoms. The molecule has 1 aliphatic heterocycles. The molecule has 1 heterocycles. The molecule has 98 valence electrons. The van der Waals surface area contributed by atoms with Gasteiger partial charge in [0, 0.05) is 19.5 Å². The lowest BCUT2D eigenvalue weighted by molar-refractivity contribution is -0.142. The third-order valence-corrected chi connectivity index (χ3v) is 3.04. The molecule has 0 radical (unpaired) electrons. The number of halogens is 2. The van der Waals surface area contributed by atoms with Crippen molar-refractivity contribution in [3.8, 4) is 0 Å². The molecular weight excluding hydrogens is 244 g/mol. The molecule has 4 nitrogen and oxygen atoms in total. The van der Waals surface area contributed by atoms with Crippen LogP contribution in [-0.4, -0.2) is 39.8 Å². The lowest BCUT2D eigenvalue weighted by atomic mass is 10.1. The Morgan fingerprint density at radius 1 is 1.39 bits per heavy atom. The Kier molecular flexibility index (Phi) is 3.58. The quantitative estimate of drug-likeness (QED) is 0.847. The van der Waals surface area contributed by atoms with Gasteiger partial charge in [0.05, 0.1) is 6.10 Å². The summed E-state index contributed by atoms with van der Waals surface area (Å²) in [6, 6.07) is 2.67. The normalized spacial score (nSPS) is 24.4. The molecule has 2 atom stereocenters. The second-order valence-corrected chi connectivity index (χ2v) is 4.42. The van der Waals surface area contributed by atoms with E-state index in [4.69, 9.17) is 5.11 Å². The molecule has 1 aromatic rings. The van der Waals surface area contributed by atoms with Crippen LogP contribution in [0.1, 0.15) is 12.0 Å². The number of carboxylic acid groups (broad SMARTS) is 1. The van der Waals surface area contributed by atoms with Gasteiger partial charge in [0.2, 0.25) is 0 Å². The van der Waals surface area contributed by atoms with Gasteiger partial charge in [-0.05, 0) is 17.7 Å². The van der Waals surface area contributed by atoms with Crippen molar-refractivity contribution in [2.24, 2.45) is 0 Å². The molecule has 1 aliphatic rings. The fourth-order valence-electron chi connectivity index (χ4n) is 2.18. The summed E-state index contributed by atoms with van der Waals surface area (Å²) in [5.74, 6) is -2.91. The van der Waals surface area contributed by atoms with Crippen LogP contribution in [0.3, 0.4) is 0 Å². The Bertz CT molecular complexity index is 467. The van der Waals surface area contributed by atoms with Crippen molar-refractivity contribution >= 4 is 5.97 Å². The van der Waals surface area contributed by atoms with Crippen LogP contribution < -0.4 is 0 Å². The minimum Gasteiger partial charge on any atom is -0.480 e. The summed E-state index contributed by atoms with van der Waals surface area (Å²) in [6.07, 6.45) is -0.546. The first-order chi connectivity index (χ1) is 8.47. The number of carbonyl (C=O) groups is 1. The third-order valence-electron chi connectivity index (χ3n) is 3.04. The largest absolute Gasteiger partial charge is 0.480 e. The van der Waals surface area contributed by atoms with Crippen LogP contribution in [-0.2, 0) is 11.3 Å². The standard InChI is InChI=1S/C12H13F2NO3/c13-9-2-1-7(3-10(9)14)5-15-6-8(16)4-11(15)12(17)18/h1-3,8,11,16H,4-6H2,(H,17,18)/t8-,11+/m1/s1. The zero-order valence-corrected chi connectivity index (χ0v) is 9.51. The maximum absolute atomic E-state index is 13.0. The average Bonchev–Trinajstić information content (AvgIpc) is 2.65. The lowest BCUT2D eigenvalue weighted by Gasteiger charge is -2.20. The number of aliphatic carboxylic acids is 1. The van der Waals surface area contributed by atoms with Crippen molar-refractivity contribution in [3.05, 3.63) is 35.4 Å². The first-order valence-corrected chi connectivity index (χ1v) is 5.56. The van der Waals surface area contributed by atoms with Gasteiger partial charge < -0.3 is 10.2 Å². The molecule has 6 heteroatoms. The molecule has 2 N–H and O–H groups in total. The molecule has 0 aromatic heterocycles. The van der Waals surface area contributed by atoms with Gasteiger partial charge in [-0.2, -0.15) is 0 Å². The van der Waals surface area contributed by atoms with E-state index in [1.54, 1.807) is 4.90 Å². The predicted molar refractivity (Wildman–Crippen MR) is 58.8 cm³/mol. The Morgan fingerprint density at radius 3 is 2.72 bits per heavy atom. The van der Waals surface area contributed by atoms with Crippen LogP contribution in [0.15, 0.2) is 18.2 Å². The van der Waals surface area contributed by atoms with E-state index in [1.807, 2.05) is 0 Å². The van der Waals surface area contributed by atoms with Crippen molar-refractivity contribution < 1.29 is 23.8 Å². The van der Waals surface area contributed by atoms with Gasteiger partial charge in [0.15, 0.2) is 11.6 Å². The maximum atomic E-state index is 13.0. The molecular formula is C12H13F2NO3. The van der Waals surface area contributed by atoms with E-state index in [2.05, 4.69) is 0 Å². The SMILES string of the molecule is O=C(O)[C@@H]1C[C@@H](O)CN1Cc1ccc(F)c(F)c1. The van der Waals surface area contributed by atoms with Gasteiger partial charge in [-0.25, -0.2) is 8.78 Å². The molecule has 1 saturated heterocycles. The number of aliphatic hydroxyl groups excluding tert-OH is 1. The Labute approximate surface area is 102 Å². The second kappa shape index (κ2) is 4.99. The fraction of sp³-hybridized carbons (Fsp3) is 0.417. The van der Waals surface area contributed by atoms with Gasteiger partial charge in [-0.15, -0.1) is 0 Å². The van der Waals surface area contributed by atoms with Gasteiger partial charge >= 0.3 is 5.97 Å². The van der Waals surface area contributed by atoms with E-state index >= 15 is 0 Å². The molecule has 0 bridgehead atoms. The number of rotatable bonds is 3. The lowest BCUT2D eigenvalue weighted by Crippen LogP contribution is -2.35. The highest BCUT2D eigenvalue weighted by Crippen LogP contribution is 2.21. The number of hydrogen-bond acceptors (Lipinski definition) is 3. The van der Waals surface area contributed by atoms with Gasteiger partial charge in [0.1, 0.15) is 6.04 Å². The number of benzene rings is 1. The van der Waals surface area contributed by atoms with Crippen molar-refractivity contribution in [1.82, 2.24) is 4.90 Å². The van der Waals surface area contributed by atoms with Crippen LogP contribution in [0.2, 0.25) is 0 Å². The summed E-state index contributed by atoms with van der Waals surface area (Å²) in [6.45, 7) is 0.390. The van der Waals surface area contributed by atoms with Gasteiger partial charge in [-0.1, -0.05) is 6.07 Å². The predicted octanol–water partition coefficient (Wildman–Crippen LogP) is 0.985. The Hall–Kier alpha value is -1.53. The van der Waals surface area contributed by atoms with E-state index in [0.29, 0.717) is 5.56 Å². The van der Waals surface area contributed by atoms with E-state index in [-0.39, 0.29) is 19.5 Å². The minimum absolute atomic E-state index is 0.152. The molecule has 1 aromatic carbocycles. The number of hydrogen-bond donors (Lipinski definition) is 2. The number of likely N-dealkylation sites (tertiary alicyclic amines) is 1. The van der Waals surface area contributed by atoms with Gasteiger partial charge in [-0.3, -0.25) is 9.69 Å². The van der Waals surface area contributed by atoms with Crippen LogP contribution in [0.5, 0.6) is 0 Å². The van der Waals surface area contributed by atoms with Gasteiger partial charge in [0.25, 0.3) is 0 Å². The Morgan fingerprint density at radius 2 is 2.11 bits per heavy atom. The van der Waals surface area contributed by atoms with E-state index in [9.17, 15) is 18.7 Å². The maximum Gasteiger partial charge on any atom is 0.321 e. The molecule has 18 heavy (non-hydrogen) atoms. The topological polar surface area (TPSA) is 60.8 Å². The molecule has 0 amide bonds. The van der Waals surface area contributed by atoms with Crippen LogP contribution >= 0.6 is 0 Å². The Balaban J connectivity index is 2.12. The smallest absolute Gasteiger partial charge is 0.321 e. The summed E-state index contributed by atoms with van der Waals surface area (Å²) in [5, 5.41) is 18.4. The molecule has 0 saturated carbocycles.